The number of amides is 1. The van der Waals surface area contributed by atoms with Crippen LogP contribution < -0.4 is 15.1 Å². The van der Waals surface area contributed by atoms with Gasteiger partial charge >= 0.3 is 0 Å². The zero-order valence-electron chi connectivity index (χ0n) is 17.4. The van der Waals surface area contributed by atoms with Crippen LogP contribution in [0.25, 0.3) is 0 Å². The number of rotatable bonds is 10. The van der Waals surface area contributed by atoms with E-state index >= 15 is 0 Å². The van der Waals surface area contributed by atoms with E-state index in [-0.39, 0.29) is 5.91 Å². The van der Waals surface area contributed by atoms with E-state index in [1.165, 1.54) is 16.8 Å². The summed E-state index contributed by atoms with van der Waals surface area (Å²) < 4.78 is 5.22. The van der Waals surface area contributed by atoms with Gasteiger partial charge in [-0.15, -0.1) is 0 Å². The molecule has 0 unspecified atom stereocenters. The van der Waals surface area contributed by atoms with Crippen LogP contribution in [0.4, 0.5) is 5.69 Å². The number of nitrogens with one attached hydrogen (secondary N) is 1. The number of hydrogen-bond donors (Lipinski definition) is 1. The van der Waals surface area contributed by atoms with E-state index in [9.17, 15) is 4.79 Å². The fourth-order valence-corrected chi connectivity index (χ4v) is 3.11. The van der Waals surface area contributed by atoms with E-state index in [1.807, 2.05) is 24.3 Å². The van der Waals surface area contributed by atoms with Crippen LogP contribution in [-0.4, -0.2) is 32.3 Å². The number of carbonyl (C=O) groups is 1. The Morgan fingerprint density at radius 2 is 1.86 bits per heavy atom. The molecule has 5 nitrogen and oxygen atoms in total. The Morgan fingerprint density at radius 1 is 1.14 bits per heavy atom. The minimum Gasteiger partial charge on any atom is -0.497 e. The maximum atomic E-state index is 12.0. The Morgan fingerprint density at radius 3 is 2.46 bits per heavy atom. The maximum Gasteiger partial charge on any atom is 0.240 e. The van der Waals surface area contributed by atoms with Gasteiger partial charge in [0.25, 0.3) is 0 Å². The average molecular weight is 382 g/mol. The number of benzene rings is 2. The second kappa shape index (κ2) is 11.1. The summed E-state index contributed by atoms with van der Waals surface area (Å²) in [4.78, 5) is 14.3. The van der Waals surface area contributed by atoms with Gasteiger partial charge < -0.3 is 9.64 Å². The third-order valence-electron chi connectivity index (χ3n) is 4.82. The highest BCUT2D eigenvalue weighted by molar-refractivity contribution is 5.82. The van der Waals surface area contributed by atoms with Crippen LogP contribution in [0.2, 0.25) is 0 Å². The predicted molar refractivity (Wildman–Crippen MR) is 116 cm³/mol. The Kier molecular flexibility index (Phi) is 8.53. The van der Waals surface area contributed by atoms with Crippen LogP contribution in [0.1, 0.15) is 43.4 Å². The van der Waals surface area contributed by atoms with Crippen LogP contribution in [0.15, 0.2) is 47.6 Å². The average Bonchev–Trinajstić information content (AvgIpc) is 2.71. The molecule has 0 radical (unpaired) electrons. The Labute approximate surface area is 168 Å². The first-order valence-electron chi connectivity index (χ1n) is 9.87. The Bertz CT molecular complexity index is 781. The molecule has 0 bridgehead atoms. The van der Waals surface area contributed by atoms with Crippen molar-refractivity contribution in [1.82, 2.24) is 5.43 Å². The molecule has 5 heteroatoms. The monoisotopic (exact) mass is 381 g/mol. The third-order valence-corrected chi connectivity index (χ3v) is 4.82. The van der Waals surface area contributed by atoms with Crippen LogP contribution in [0.5, 0.6) is 5.75 Å². The molecule has 1 N–H and O–H groups in total. The molecular formula is C23H31N3O2. The molecule has 0 atom stereocenters. The number of carbonyl (C=O) groups excluding carboxylic acids is 1. The van der Waals surface area contributed by atoms with Crippen LogP contribution in [0.3, 0.4) is 0 Å². The lowest BCUT2D eigenvalue weighted by Gasteiger charge is -2.20. The molecule has 0 aliphatic rings. The van der Waals surface area contributed by atoms with E-state index in [1.54, 1.807) is 13.3 Å². The standard InChI is InChI=1S/C23H31N3O2/c1-5-26(6-2)21-13-10-19(11-14-21)17-24-25-23(27)9-7-8-20-12-15-22(28-4)16-18(20)3/h10-17H,5-9H2,1-4H3,(H,25,27). The quantitative estimate of drug-likeness (QED) is 0.492. The smallest absolute Gasteiger partial charge is 0.240 e. The molecular weight excluding hydrogens is 350 g/mol. The van der Waals surface area contributed by atoms with Crippen LogP contribution in [-0.2, 0) is 11.2 Å². The van der Waals surface area contributed by atoms with Gasteiger partial charge in [-0.2, -0.15) is 5.10 Å². The van der Waals surface area contributed by atoms with Gasteiger partial charge in [0.2, 0.25) is 5.91 Å². The van der Waals surface area contributed by atoms with Gasteiger partial charge in [0.05, 0.1) is 13.3 Å². The highest BCUT2D eigenvalue weighted by Gasteiger charge is 2.04. The van der Waals surface area contributed by atoms with E-state index < -0.39 is 0 Å². The van der Waals surface area contributed by atoms with Gasteiger partial charge in [-0.05, 0) is 74.6 Å². The molecule has 0 aromatic heterocycles. The lowest BCUT2D eigenvalue weighted by atomic mass is 10.0. The molecule has 2 aromatic rings. The lowest BCUT2D eigenvalue weighted by Crippen LogP contribution is -2.21. The van der Waals surface area contributed by atoms with Crippen molar-refractivity contribution < 1.29 is 9.53 Å². The molecule has 1 amide bonds. The van der Waals surface area contributed by atoms with Gasteiger partial charge in [-0.1, -0.05) is 18.2 Å². The molecule has 0 fully saturated rings. The summed E-state index contributed by atoms with van der Waals surface area (Å²) >= 11 is 0. The fourth-order valence-electron chi connectivity index (χ4n) is 3.11. The number of nitrogens with zero attached hydrogens (tertiary/aromatic N) is 2. The summed E-state index contributed by atoms with van der Waals surface area (Å²) in [7, 11) is 1.67. The molecule has 0 heterocycles. The second-order valence-corrected chi connectivity index (χ2v) is 6.70. The first-order valence-corrected chi connectivity index (χ1v) is 9.87. The molecule has 150 valence electrons. The highest BCUT2D eigenvalue weighted by Crippen LogP contribution is 2.18. The number of methoxy groups -OCH3 is 1. The van der Waals surface area contributed by atoms with Crippen molar-refractivity contribution in [2.45, 2.75) is 40.0 Å². The SMILES string of the molecule is CCN(CC)c1ccc(C=NNC(=O)CCCc2ccc(OC)cc2C)cc1. The van der Waals surface area contributed by atoms with Crippen LogP contribution in [0, 0.1) is 6.92 Å². The second-order valence-electron chi connectivity index (χ2n) is 6.70. The summed E-state index contributed by atoms with van der Waals surface area (Å²) in [5.41, 5.74) is 7.19. The first-order chi connectivity index (χ1) is 13.6. The predicted octanol–water partition coefficient (Wildman–Crippen LogP) is 4.32. The van der Waals surface area contributed by atoms with E-state index in [4.69, 9.17) is 4.74 Å². The zero-order valence-corrected chi connectivity index (χ0v) is 17.4. The number of hydrazone groups is 1. The Hall–Kier alpha value is -2.82. The van der Waals surface area contributed by atoms with Crippen molar-refractivity contribution in [3.8, 4) is 5.75 Å². The van der Waals surface area contributed by atoms with Gasteiger partial charge in [-0.25, -0.2) is 5.43 Å². The van der Waals surface area contributed by atoms with Gasteiger partial charge in [-0.3, -0.25) is 4.79 Å². The lowest BCUT2D eigenvalue weighted by molar-refractivity contribution is -0.121. The van der Waals surface area contributed by atoms with E-state index in [0.29, 0.717) is 6.42 Å². The topological polar surface area (TPSA) is 53.9 Å². The molecule has 0 saturated heterocycles. The number of ether oxygens (including phenoxy) is 1. The summed E-state index contributed by atoms with van der Waals surface area (Å²) in [5, 5.41) is 4.07. The molecule has 2 rings (SSSR count). The summed E-state index contributed by atoms with van der Waals surface area (Å²) in [5.74, 6) is 0.792. The summed E-state index contributed by atoms with van der Waals surface area (Å²) in [6.45, 7) is 8.31. The molecule has 0 spiro atoms. The molecule has 0 saturated carbocycles. The van der Waals surface area contributed by atoms with Crippen molar-refractivity contribution in [3.63, 3.8) is 0 Å². The third kappa shape index (κ3) is 6.41. The molecule has 0 aliphatic heterocycles. The van der Waals surface area contributed by atoms with E-state index in [0.717, 1.165) is 37.2 Å². The molecule has 0 aliphatic carbocycles. The van der Waals surface area contributed by atoms with Crippen molar-refractivity contribution in [2.75, 3.05) is 25.1 Å². The minimum absolute atomic E-state index is 0.0674. The number of aryl methyl sites for hydroxylation is 2. The number of hydrogen-bond acceptors (Lipinski definition) is 4. The highest BCUT2D eigenvalue weighted by atomic mass is 16.5. The largest absolute Gasteiger partial charge is 0.497 e. The first kappa shape index (κ1) is 21.5. The minimum atomic E-state index is -0.0674. The van der Waals surface area contributed by atoms with Gasteiger partial charge in [0.15, 0.2) is 0 Å². The van der Waals surface area contributed by atoms with Gasteiger partial charge in [0, 0.05) is 25.2 Å². The van der Waals surface area contributed by atoms with Crippen molar-refractivity contribution >= 4 is 17.8 Å². The van der Waals surface area contributed by atoms with E-state index in [2.05, 4.69) is 54.4 Å². The van der Waals surface area contributed by atoms with Crippen molar-refractivity contribution in [2.24, 2.45) is 5.10 Å². The maximum absolute atomic E-state index is 12.0. The number of anilines is 1. The van der Waals surface area contributed by atoms with Crippen molar-refractivity contribution in [1.29, 1.82) is 0 Å². The van der Waals surface area contributed by atoms with Crippen molar-refractivity contribution in [3.05, 3.63) is 59.2 Å². The van der Waals surface area contributed by atoms with Crippen LogP contribution >= 0.6 is 0 Å². The zero-order chi connectivity index (χ0) is 20.4. The fraction of sp³-hybridized carbons (Fsp3) is 0.391. The molecule has 28 heavy (non-hydrogen) atoms. The Balaban J connectivity index is 1.76. The van der Waals surface area contributed by atoms with Gasteiger partial charge in [0.1, 0.15) is 5.75 Å². The summed E-state index contributed by atoms with van der Waals surface area (Å²) in [6.07, 6.45) is 3.77. The normalized spacial score (nSPS) is 10.9. The summed E-state index contributed by atoms with van der Waals surface area (Å²) in [6, 6.07) is 14.2. The molecule has 2 aromatic carbocycles.